The molecule has 2 aromatic heterocycles. The van der Waals surface area contributed by atoms with E-state index in [1.807, 2.05) is 91.0 Å². The monoisotopic (exact) mass is 573 g/mol. The van der Waals surface area contributed by atoms with Crippen LogP contribution >= 0.6 is 7.14 Å². The number of rotatable bonds is 7. The molecule has 0 radical (unpaired) electrons. The summed E-state index contributed by atoms with van der Waals surface area (Å²) in [5.41, 5.74) is 6.86. The van der Waals surface area contributed by atoms with Crippen LogP contribution in [0.5, 0.6) is 0 Å². The van der Waals surface area contributed by atoms with Gasteiger partial charge in [-0.3, -0.25) is 4.40 Å². The molecule has 206 valence electrons. The van der Waals surface area contributed by atoms with Gasteiger partial charge < -0.3 is 4.57 Å². The van der Waals surface area contributed by atoms with E-state index < -0.39 is 7.14 Å². The van der Waals surface area contributed by atoms with Crippen LogP contribution < -0.4 is 10.6 Å². The first-order valence-corrected chi connectivity index (χ1v) is 15.8. The summed E-state index contributed by atoms with van der Waals surface area (Å²) in [5.74, 6) is 0.846. The Morgan fingerprint density at radius 3 is 1.91 bits per heavy atom. The fourth-order valence-corrected chi connectivity index (χ4v) is 8.35. The van der Waals surface area contributed by atoms with Crippen molar-refractivity contribution in [2.75, 3.05) is 0 Å². The first kappa shape index (κ1) is 26.6. The Bertz CT molecular complexity index is 2230. The smallest absolute Gasteiger partial charge is 0.170 e. The predicted molar refractivity (Wildman–Crippen MR) is 181 cm³/mol. The van der Waals surface area contributed by atoms with Gasteiger partial charge in [-0.05, 0) is 35.4 Å². The van der Waals surface area contributed by atoms with Crippen LogP contribution in [0.15, 0.2) is 164 Å². The van der Waals surface area contributed by atoms with Crippen LogP contribution in [-0.2, 0) is 4.57 Å². The van der Waals surface area contributed by atoms with E-state index in [1.54, 1.807) is 18.2 Å². The lowest BCUT2D eigenvalue weighted by atomic mass is 10.0. The summed E-state index contributed by atoms with van der Waals surface area (Å²) in [6.45, 7) is 7.77. The van der Waals surface area contributed by atoms with Crippen molar-refractivity contribution in [3.63, 3.8) is 0 Å². The molecular weight excluding hydrogens is 545 g/mol. The summed E-state index contributed by atoms with van der Waals surface area (Å²) in [6, 6.07) is 42.3. The second-order valence-corrected chi connectivity index (χ2v) is 13.1. The van der Waals surface area contributed by atoms with E-state index >= 15 is 0 Å². The highest BCUT2D eigenvalue weighted by atomic mass is 31.2. The molecular formula is C38H28N3OP. The van der Waals surface area contributed by atoms with Gasteiger partial charge >= 0.3 is 0 Å². The second kappa shape index (κ2) is 10.8. The average Bonchev–Trinajstić information content (AvgIpc) is 3.47. The quantitative estimate of drug-likeness (QED) is 0.141. The molecule has 5 heteroatoms. The number of allylic oxidation sites excluding steroid dienone is 4. The fraction of sp³-hybridized carbons (Fsp3) is 0. The normalized spacial score (nSPS) is 13.3. The Kier molecular flexibility index (Phi) is 6.69. The van der Waals surface area contributed by atoms with E-state index in [2.05, 4.69) is 54.0 Å². The van der Waals surface area contributed by atoms with Crippen molar-refractivity contribution in [3.8, 4) is 22.5 Å². The Hall–Kier alpha value is -5.31. The third-order valence-corrected chi connectivity index (χ3v) is 10.9. The minimum Gasteiger partial charge on any atom is -0.309 e. The van der Waals surface area contributed by atoms with Crippen molar-refractivity contribution in [1.29, 1.82) is 0 Å². The average molecular weight is 574 g/mol. The first-order valence-electron chi connectivity index (χ1n) is 14.1. The molecule has 0 fully saturated rings. The maximum Gasteiger partial charge on any atom is 0.170 e. The predicted octanol–water partition coefficient (Wildman–Crippen LogP) is 8.94. The fourth-order valence-electron chi connectivity index (χ4n) is 5.72. The topological polar surface area (TPSA) is 47.3 Å². The molecule has 4 nitrogen and oxygen atoms in total. The summed E-state index contributed by atoms with van der Waals surface area (Å²) in [5, 5.41) is 3.20. The van der Waals surface area contributed by atoms with E-state index in [9.17, 15) is 4.57 Å². The lowest BCUT2D eigenvalue weighted by Gasteiger charge is -2.21. The van der Waals surface area contributed by atoms with E-state index in [0.29, 0.717) is 5.31 Å². The van der Waals surface area contributed by atoms with Crippen molar-refractivity contribution in [3.05, 3.63) is 164 Å². The van der Waals surface area contributed by atoms with Gasteiger partial charge in [0.2, 0.25) is 0 Å². The minimum atomic E-state index is -3.11. The van der Waals surface area contributed by atoms with Crippen LogP contribution in [0.4, 0.5) is 0 Å². The Labute approximate surface area is 250 Å². The summed E-state index contributed by atoms with van der Waals surface area (Å²) in [4.78, 5) is 10.0. The number of nitrogens with zero attached hydrogens (tertiary/aromatic N) is 3. The highest BCUT2D eigenvalue weighted by Gasteiger charge is 2.30. The standard InChI is InChI=1S/C38H28N3OP/c1-3-12-30(4-2)43(42,31-13-6-5-7-14-31)32-25-23-28(24-26-32)27-19-21-29(22-20-27)37-39-34-16-9-8-15-33(34)38-40-35-17-10-11-18-36(35)41(37)38/h3-26H,1-2H2/b30-12+. The third-order valence-electron chi connectivity index (χ3n) is 7.83. The number of para-hydroxylation sites is 3. The molecule has 0 spiro atoms. The van der Waals surface area contributed by atoms with Crippen LogP contribution in [0.25, 0.3) is 50.1 Å². The number of fused-ring (bicyclic) bond motifs is 5. The van der Waals surface area contributed by atoms with Gasteiger partial charge in [-0.15, -0.1) is 0 Å². The first-order chi connectivity index (χ1) is 21.1. The lowest BCUT2D eigenvalue weighted by molar-refractivity contribution is 0.591. The van der Waals surface area contributed by atoms with Gasteiger partial charge in [-0.25, -0.2) is 9.97 Å². The van der Waals surface area contributed by atoms with Crippen LogP contribution in [0.2, 0.25) is 0 Å². The highest BCUT2D eigenvalue weighted by Crippen LogP contribution is 2.52. The van der Waals surface area contributed by atoms with E-state index in [-0.39, 0.29) is 0 Å². The highest BCUT2D eigenvalue weighted by molar-refractivity contribution is 7.82. The number of benzene rings is 5. The van der Waals surface area contributed by atoms with Gasteiger partial charge in [-0.2, -0.15) is 0 Å². The zero-order chi connectivity index (χ0) is 29.4. The molecule has 0 saturated carbocycles. The minimum absolute atomic E-state index is 0.659. The maximum absolute atomic E-state index is 14.7. The van der Waals surface area contributed by atoms with Crippen molar-refractivity contribution >= 4 is 45.3 Å². The van der Waals surface area contributed by atoms with Gasteiger partial charge in [0.15, 0.2) is 7.14 Å². The van der Waals surface area contributed by atoms with Crippen molar-refractivity contribution < 1.29 is 4.57 Å². The number of aromatic nitrogens is 3. The molecule has 7 aromatic rings. The number of hydrogen-bond acceptors (Lipinski definition) is 3. The molecule has 5 aromatic carbocycles. The molecule has 0 N–H and O–H groups in total. The summed E-state index contributed by atoms with van der Waals surface area (Å²) >= 11 is 0. The van der Waals surface area contributed by atoms with Crippen molar-refractivity contribution in [2.24, 2.45) is 0 Å². The molecule has 43 heavy (non-hydrogen) atoms. The molecule has 0 aliphatic heterocycles. The Morgan fingerprint density at radius 2 is 1.21 bits per heavy atom. The molecule has 0 amide bonds. The van der Waals surface area contributed by atoms with Crippen molar-refractivity contribution in [1.82, 2.24) is 14.4 Å². The molecule has 0 aliphatic rings. The molecule has 0 bridgehead atoms. The van der Waals surface area contributed by atoms with Crippen LogP contribution in [0.1, 0.15) is 0 Å². The molecule has 2 heterocycles. The van der Waals surface area contributed by atoms with Gasteiger partial charge in [0.1, 0.15) is 11.5 Å². The third kappa shape index (κ3) is 4.44. The number of hydrogen-bond donors (Lipinski definition) is 0. The van der Waals surface area contributed by atoms with Gasteiger partial charge in [0, 0.05) is 26.9 Å². The molecule has 0 saturated heterocycles. The molecule has 0 aliphatic carbocycles. The zero-order valence-corrected chi connectivity index (χ0v) is 24.4. The van der Waals surface area contributed by atoms with Gasteiger partial charge in [0.05, 0.1) is 16.6 Å². The molecule has 1 atom stereocenters. The van der Waals surface area contributed by atoms with Crippen molar-refractivity contribution in [2.45, 2.75) is 0 Å². The Morgan fingerprint density at radius 1 is 0.628 bits per heavy atom. The molecule has 1 unspecified atom stereocenters. The largest absolute Gasteiger partial charge is 0.309 e. The maximum atomic E-state index is 14.7. The van der Waals surface area contributed by atoms with Gasteiger partial charge in [-0.1, -0.05) is 135 Å². The van der Waals surface area contributed by atoms with Crippen LogP contribution in [0.3, 0.4) is 0 Å². The summed E-state index contributed by atoms with van der Waals surface area (Å²) in [7, 11) is -3.11. The van der Waals surface area contributed by atoms with E-state index in [4.69, 9.17) is 9.97 Å². The summed E-state index contributed by atoms with van der Waals surface area (Å²) in [6.07, 6.45) is 5.12. The Balaban J connectivity index is 1.30. The van der Waals surface area contributed by atoms with Gasteiger partial charge in [0.25, 0.3) is 0 Å². The summed E-state index contributed by atoms with van der Waals surface area (Å²) < 4.78 is 16.8. The van der Waals surface area contributed by atoms with Crippen LogP contribution in [0, 0.1) is 0 Å². The second-order valence-electron chi connectivity index (χ2n) is 10.3. The zero-order valence-electron chi connectivity index (χ0n) is 23.5. The number of imidazole rings is 1. The van der Waals surface area contributed by atoms with E-state index in [1.165, 1.54) is 0 Å². The SMILES string of the molecule is C=C/C=C(\C=C)P(=O)(c1ccccc1)c1ccc(-c2ccc(-c3nc4ccccc4c4nc5ccccc5n34)cc2)cc1. The lowest BCUT2D eigenvalue weighted by Crippen LogP contribution is -2.17. The van der Waals surface area contributed by atoms with Crippen LogP contribution in [-0.4, -0.2) is 14.4 Å². The van der Waals surface area contributed by atoms with E-state index in [0.717, 1.165) is 60.7 Å². The molecule has 7 rings (SSSR count).